The second-order valence-electron chi connectivity index (χ2n) is 4.03. The minimum absolute atomic E-state index is 0.730. The van der Waals surface area contributed by atoms with E-state index < -0.39 is 0 Å². The lowest BCUT2D eigenvalue weighted by molar-refractivity contribution is 0.196. The molecule has 1 aromatic rings. The summed E-state index contributed by atoms with van der Waals surface area (Å²) >= 11 is 5.44. The predicted molar refractivity (Wildman–Crippen MR) is 69.4 cm³/mol. The molecule has 0 amide bonds. The van der Waals surface area contributed by atoms with Crippen molar-refractivity contribution in [2.45, 2.75) is 25.4 Å². The van der Waals surface area contributed by atoms with Gasteiger partial charge in [0.1, 0.15) is 0 Å². The number of rotatable bonds is 3. The highest BCUT2D eigenvalue weighted by atomic mass is 79.9. The average molecular weight is 289 g/mol. The summed E-state index contributed by atoms with van der Waals surface area (Å²) in [5.74, 6) is 0. The van der Waals surface area contributed by atoms with E-state index in [4.69, 9.17) is 0 Å². The topological polar surface area (TPSA) is 15.3 Å². The van der Waals surface area contributed by atoms with Gasteiger partial charge >= 0.3 is 0 Å². The Morgan fingerprint density at radius 2 is 2.27 bits per heavy atom. The van der Waals surface area contributed by atoms with E-state index in [1.165, 1.54) is 35.3 Å². The Hall–Kier alpha value is 0.100. The molecule has 2 heterocycles. The number of nitrogens with one attached hydrogen (secondary N) is 1. The van der Waals surface area contributed by atoms with Crippen LogP contribution in [0, 0.1) is 0 Å². The zero-order valence-electron chi connectivity index (χ0n) is 9.00. The summed E-state index contributed by atoms with van der Waals surface area (Å²) < 4.78 is 1.27. The van der Waals surface area contributed by atoms with Crippen molar-refractivity contribution < 1.29 is 0 Å². The first-order valence-corrected chi connectivity index (χ1v) is 7.08. The van der Waals surface area contributed by atoms with Crippen molar-refractivity contribution in [2.24, 2.45) is 0 Å². The van der Waals surface area contributed by atoms with E-state index >= 15 is 0 Å². The molecule has 1 aromatic heterocycles. The van der Waals surface area contributed by atoms with Crippen LogP contribution in [0.4, 0.5) is 0 Å². The number of nitrogens with zero attached hydrogens (tertiary/aromatic N) is 1. The van der Waals surface area contributed by atoms with Gasteiger partial charge in [-0.3, -0.25) is 4.90 Å². The van der Waals surface area contributed by atoms with E-state index in [0.717, 1.165) is 12.6 Å². The number of hydrogen-bond acceptors (Lipinski definition) is 3. The predicted octanol–water partition coefficient (Wildman–Crippen LogP) is 2.69. The molecule has 1 aliphatic heterocycles. The van der Waals surface area contributed by atoms with Crippen LogP contribution in [0.3, 0.4) is 0 Å². The lowest BCUT2D eigenvalue weighted by Gasteiger charge is -2.31. The van der Waals surface area contributed by atoms with Crippen molar-refractivity contribution in [1.29, 1.82) is 0 Å². The van der Waals surface area contributed by atoms with Gasteiger partial charge in [-0.05, 0) is 60.4 Å². The number of hydrogen-bond donors (Lipinski definition) is 1. The van der Waals surface area contributed by atoms with E-state index in [-0.39, 0.29) is 0 Å². The molecule has 15 heavy (non-hydrogen) atoms. The van der Waals surface area contributed by atoms with Gasteiger partial charge in [0.2, 0.25) is 0 Å². The Labute approximate surface area is 104 Å². The maximum atomic E-state index is 3.59. The first-order chi connectivity index (χ1) is 7.29. The third kappa shape index (κ3) is 3.03. The van der Waals surface area contributed by atoms with E-state index in [0.29, 0.717) is 0 Å². The van der Waals surface area contributed by atoms with Gasteiger partial charge in [-0.25, -0.2) is 0 Å². The third-order valence-electron chi connectivity index (χ3n) is 3.05. The zero-order valence-corrected chi connectivity index (χ0v) is 11.4. The largest absolute Gasteiger partial charge is 0.317 e. The van der Waals surface area contributed by atoms with Gasteiger partial charge in [0, 0.05) is 21.9 Å². The fourth-order valence-electron chi connectivity index (χ4n) is 2.02. The molecule has 0 spiro atoms. The molecular weight excluding hydrogens is 272 g/mol. The molecule has 2 rings (SSSR count). The first kappa shape index (κ1) is 11.6. The molecule has 1 N–H and O–H groups in total. The molecule has 0 atom stereocenters. The van der Waals surface area contributed by atoms with Crippen LogP contribution < -0.4 is 5.32 Å². The Bertz CT molecular complexity index is 305. The van der Waals surface area contributed by atoms with Crippen molar-refractivity contribution >= 4 is 27.3 Å². The molecule has 1 aliphatic rings. The Balaban J connectivity index is 1.85. The molecule has 0 radical (unpaired) electrons. The standard InChI is InChI=1S/C11H17BrN2S/c1-13-9-2-5-14(6-3-9)8-11-10(12)4-7-15-11/h4,7,9,13H,2-3,5-6,8H2,1H3. The molecule has 1 saturated heterocycles. The molecule has 0 aliphatic carbocycles. The Morgan fingerprint density at radius 3 is 2.80 bits per heavy atom. The lowest BCUT2D eigenvalue weighted by atomic mass is 10.1. The minimum atomic E-state index is 0.730. The molecule has 1 fully saturated rings. The highest BCUT2D eigenvalue weighted by Gasteiger charge is 2.18. The molecular formula is C11H17BrN2S. The molecule has 0 aromatic carbocycles. The third-order valence-corrected chi connectivity index (χ3v) is 4.97. The van der Waals surface area contributed by atoms with Crippen LogP contribution in [0.15, 0.2) is 15.9 Å². The monoisotopic (exact) mass is 288 g/mol. The van der Waals surface area contributed by atoms with E-state index in [1.54, 1.807) is 0 Å². The van der Waals surface area contributed by atoms with Crippen LogP contribution in [0.2, 0.25) is 0 Å². The van der Waals surface area contributed by atoms with Crippen LogP contribution >= 0.6 is 27.3 Å². The highest BCUT2D eigenvalue weighted by Crippen LogP contribution is 2.25. The van der Waals surface area contributed by atoms with E-state index in [2.05, 4.69) is 44.6 Å². The van der Waals surface area contributed by atoms with Crippen molar-refractivity contribution in [3.8, 4) is 0 Å². The quantitative estimate of drug-likeness (QED) is 0.920. The highest BCUT2D eigenvalue weighted by molar-refractivity contribution is 9.10. The summed E-state index contributed by atoms with van der Waals surface area (Å²) in [6, 6.07) is 2.87. The van der Waals surface area contributed by atoms with Crippen LogP contribution in [0.25, 0.3) is 0 Å². The van der Waals surface area contributed by atoms with Gasteiger partial charge in [-0.1, -0.05) is 0 Å². The summed E-state index contributed by atoms with van der Waals surface area (Å²) in [4.78, 5) is 4.00. The molecule has 0 unspecified atom stereocenters. The summed E-state index contributed by atoms with van der Waals surface area (Å²) in [7, 11) is 2.07. The van der Waals surface area contributed by atoms with Crippen molar-refractivity contribution in [2.75, 3.05) is 20.1 Å². The second kappa shape index (κ2) is 5.43. The number of piperidine rings is 1. The maximum absolute atomic E-state index is 3.59. The summed E-state index contributed by atoms with van der Waals surface area (Å²) in [6.07, 6.45) is 2.55. The zero-order chi connectivity index (χ0) is 10.7. The molecule has 84 valence electrons. The number of thiophene rings is 1. The number of likely N-dealkylation sites (tertiary alicyclic amines) is 1. The first-order valence-electron chi connectivity index (χ1n) is 5.41. The van der Waals surface area contributed by atoms with Crippen LogP contribution in [-0.2, 0) is 6.54 Å². The van der Waals surface area contributed by atoms with E-state index in [1.807, 2.05) is 11.3 Å². The smallest absolute Gasteiger partial charge is 0.0339 e. The van der Waals surface area contributed by atoms with Gasteiger partial charge in [0.25, 0.3) is 0 Å². The van der Waals surface area contributed by atoms with Crippen LogP contribution in [-0.4, -0.2) is 31.1 Å². The van der Waals surface area contributed by atoms with Crippen molar-refractivity contribution in [3.05, 3.63) is 20.8 Å². The van der Waals surface area contributed by atoms with Gasteiger partial charge < -0.3 is 5.32 Å². The van der Waals surface area contributed by atoms with Gasteiger partial charge in [-0.2, -0.15) is 0 Å². The van der Waals surface area contributed by atoms with Gasteiger partial charge in [0.15, 0.2) is 0 Å². The van der Waals surface area contributed by atoms with Crippen LogP contribution in [0.1, 0.15) is 17.7 Å². The summed E-state index contributed by atoms with van der Waals surface area (Å²) in [6.45, 7) is 3.54. The van der Waals surface area contributed by atoms with E-state index in [9.17, 15) is 0 Å². The summed E-state index contributed by atoms with van der Waals surface area (Å²) in [5, 5.41) is 5.51. The maximum Gasteiger partial charge on any atom is 0.0339 e. The van der Waals surface area contributed by atoms with Gasteiger partial charge in [0.05, 0.1) is 0 Å². The minimum Gasteiger partial charge on any atom is -0.317 e. The molecule has 0 bridgehead atoms. The fourth-order valence-corrected chi connectivity index (χ4v) is 3.54. The fraction of sp³-hybridized carbons (Fsp3) is 0.636. The van der Waals surface area contributed by atoms with Crippen molar-refractivity contribution in [3.63, 3.8) is 0 Å². The summed E-state index contributed by atoms with van der Waals surface area (Å²) in [5.41, 5.74) is 0. The second-order valence-corrected chi connectivity index (χ2v) is 5.89. The molecule has 2 nitrogen and oxygen atoms in total. The number of halogens is 1. The van der Waals surface area contributed by atoms with Crippen LogP contribution in [0.5, 0.6) is 0 Å². The Kier molecular flexibility index (Phi) is 4.20. The van der Waals surface area contributed by atoms with Gasteiger partial charge in [-0.15, -0.1) is 11.3 Å². The lowest BCUT2D eigenvalue weighted by Crippen LogP contribution is -2.40. The Morgan fingerprint density at radius 1 is 1.53 bits per heavy atom. The van der Waals surface area contributed by atoms with Crippen molar-refractivity contribution in [1.82, 2.24) is 10.2 Å². The molecule has 0 saturated carbocycles. The normalized spacial score (nSPS) is 19.6. The molecule has 4 heteroatoms. The SMILES string of the molecule is CNC1CCN(Cc2sccc2Br)CC1. The average Bonchev–Trinajstić information content (AvgIpc) is 2.66.